The van der Waals surface area contributed by atoms with Gasteiger partial charge in [0, 0.05) is 12.1 Å². The fourth-order valence-corrected chi connectivity index (χ4v) is 3.44. The summed E-state index contributed by atoms with van der Waals surface area (Å²) in [7, 11) is 0.365. The Hall–Kier alpha value is -1.62. The average molecular weight is 322 g/mol. The van der Waals surface area contributed by atoms with E-state index in [1.54, 1.807) is 6.07 Å². The van der Waals surface area contributed by atoms with E-state index in [9.17, 15) is 13.7 Å². The lowest BCUT2D eigenvalue weighted by Crippen LogP contribution is -2.38. The molecule has 3 N–H and O–H groups in total. The predicted octanol–water partition coefficient (Wildman–Crippen LogP) is 1.49. The Balaban J connectivity index is 2.18. The van der Waals surface area contributed by atoms with E-state index in [0.717, 1.165) is 19.3 Å². The first kappa shape index (κ1) is 16.7. The van der Waals surface area contributed by atoms with Gasteiger partial charge in [0.05, 0.1) is 16.1 Å². The van der Waals surface area contributed by atoms with E-state index in [1.165, 1.54) is 18.6 Å². The Morgan fingerprint density at radius 2 is 2.09 bits per heavy atom. The van der Waals surface area contributed by atoms with Crippen LogP contribution in [0.2, 0.25) is 0 Å². The molecule has 22 heavy (non-hydrogen) atoms. The zero-order valence-electron chi connectivity index (χ0n) is 12.9. The third kappa shape index (κ3) is 3.97. The van der Waals surface area contributed by atoms with E-state index < -0.39 is 10.0 Å². The fourth-order valence-electron chi connectivity index (χ4n) is 2.90. The molecule has 0 spiro atoms. The molecule has 1 aliphatic rings. The molecular weight excluding hydrogens is 300 g/mol. The topological polar surface area (TPSA) is 99.2 Å². The molecule has 120 valence electrons. The summed E-state index contributed by atoms with van der Waals surface area (Å²) in [5.41, 5.74) is 0.970. The highest BCUT2D eigenvalue weighted by Gasteiger charge is 2.24. The van der Waals surface area contributed by atoms with Gasteiger partial charge in [-0.25, -0.2) is 13.6 Å². The maximum absolute atomic E-state index is 11.4. The molecule has 1 saturated carbocycles. The van der Waals surface area contributed by atoms with Crippen LogP contribution >= 0.6 is 0 Å². The minimum atomic E-state index is -3.79. The maximum atomic E-state index is 11.4. The third-order valence-electron chi connectivity index (χ3n) is 4.18. The molecule has 0 saturated heterocycles. The SMILES string of the molecule is CN(C)[C@H]1CCC[C@@H](Nc2ccc(S(N)(=O)=O)cc2C#N)C1. The van der Waals surface area contributed by atoms with Gasteiger partial charge in [-0.3, -0.25) is 0 Å². The van der Waals surface area contributed by atoms with Gasteiger partial charge in [0.25, 0.3) is 0 Å². The molecule has 2 rings (SSSR count). The van der Waals surface area contributed by atoms with Gasteiger partial charge in [-0.2, -0.15) is 5.26 Å². The minimum Gasteiger partial charge on any atom is -0.381 e. The third-order valence-corrected chi connectivity index (χ3v) is 5.09. The van der Waals surface area contributed by atoms with Crippen LogP contribution in [-0.2, 0) is 10.0 Å². The normalized spacial score (nSPS) is 22.3. The number of rotatable bonds is 4. The van der Waals surface area contributed by atoms with Crippen molar-refractivity contribution in [2.45, 2.75) is 42.7 Å². The summed E-state index contributed by atoms with van der Waals surface area (Å²) in [6.07, 6.45) is 4.37. The van der Waals surface area contributed by atoms with E-state index in [-0.39, 0.29) is 10.9 Å². The van der Waals surface area contributed by atoms with E-state index >= 15 is 0 Å². The Morgan fingerprint density at radius 3 is 2.68 bits per heavy atom. The molecule has 6 nitrogen and oxygen atoms in total. The Bertz CT molecular complexity index is 679. The number of nitrogens with one attached hydrogen (secondary N) is 1. The standard InChI is InChI=1S/C15H22N4O2S/c1-19(2)13-5-3-4-12(9-13)18-15-7-6-14(22(17,20)21)8-11(15)10-16/h6-8,12-13,18H,3-5,9H2,1-2H3,(H2,17,20,21)/t12-,13+/m1/s1. The Morgan fingerprint density at radius 1 is 1.36 bits per heavy atom. The first-order valence-electron chi connectivity index (χ1n) is 7.31. The molecule has 1 aliphatic carbocycles. The predicted molar refractivity (Wildman–Crippen MR) is 85.9 cm³/mol. The van der Waals surface area contributed by atoms with Crippen molar-refractivity contribution >= 4 is 15.7 Å². The van der Waals surface area contributed by atoms with Crippen molar-refractivity contribution in [3.63, 3.8) is 0 Å². The number of anilines is 1. The molecule has 7 heteroatoms. The van der Waals surface area contributed by atoms with Crippen LogP contribution in [0.1, 0.15) is 31.2 Å². The zero-order valence-corrected chi connectivity index (χ0v) is 13.7. The molecule has 0 unspecified atom stereocenters. The Labute approximate surface area is 132 Å². The van der Waals surface area contributed by atoms with Crippen LogP contribution in [-0.4, -0.2) is 39.5 Å². The maximum Gasteiger partial charge on any atom is 0.238 e. The van der Waals surface area contributed by atoms with Crippen LogP contribution in [0.5, 0.6) is 0 Å². The number of benzene rings is 1. The molecule has 0 amide bonds. The van der Waals surface area contributed by atoms with E-state index in [1.807, 2.05) is 6.07 Å². The molecule has 0 radical (unpaired) electrons. The minimum absolute atomic E-state index is 0.0376. The average Bonchev–Trinajstić information content (AvgIpc) is 2.46. The molecule has 1 aromatic carbocycles. The van der Waals surface area contributed by atoms with Crippen molar-refractivity contribution < 1.29 is 8.42 Å². The molecule has 1 aromatic rings. The highest BCUT2D eigenvalue weighted by atomic mass is 32.2. The lowest BCUT2D eigenvalue weighted by atomic mass is 9.90. The van der Waals surface area contributed by atoms with Crippen molar-refractivity contribution in [2.75, 3.05) is 19.4 Å². The number of hydrogen-bond donors (Lipinski definition) is 2. The van der Waals surface area contributed by atoms with Crippen molar-refractivity contribution in [3.8, 4) is 6.07 Å². The van der Waals surface area contributed by atoms with Gasteiger partial charge in [0.2, 0.25) is 10.0 Å². The number of hydrogen-bond acceptors (Lipinski definition) is 5. The van der Waals surface area contributed by atoms with Gasteiger partial charge in [0.1, 0.15) is 6.07 Å². The number of primary sulfonamides is 1. The van der Waals surface area contributed by atoms with Crippen LogP contribution < -0.4 is 10.5 Å². The second kappa shape index (κ2) is 6.65. The number of nitrogens with zero attached hydrogens (tertiary/aromatic N) is 2. The summed E-state index contributed by atoms with van der Waals surface area (Å²) in [5.74, 6) is 0. The van der Waals surface area contributed by atoms with E-state index in [4.69, 9.17) is 5.14 Å². The van der Waals surface area contributed by atoms with Crippen LogP contribution in [0, 0.1) is 11.3 Å². The van der Waals surface area contributed by atoms with Crippen molar-refractivity contribution in [2.24, 2.45) is 5.14 Å². The number of nitriles is 1. The summed E-state index contributed by atoms with van der Waals surface area (Å²) in [5, 5.41) is 17.7. The Kier molecular flexibility index (Phi) is 5.06. The summed E-state index contributed by atoms with van der Waals surface area (Å²) in [6, 6.07) is 7.23. The second-order valence-corrected chi connectivity index (χ2v) is 7.55. The van der Waals surface area contributed by atoms with Gasteiger partial charge >= 0.3 is 0 Å². The van der Waals surface area contributed by atoms with E-state index in [2.05, 4.69) is 24.3 Å². The van der Waals surface area contributed by atoms with Crippen LogP contribution in [0.15, 0.2) is 23.1 Å². The molecule has 0 heterocycles. The molecular formula is C15H22N4O2S. The van der Waals surface area contributed by atoms with E-state index in [0.29, 0.717) is 17.3 Å². The van der Waals surface area contributed by atoms with Crippen molar-refractivity contribution in [1.29, 1.82) is 5.26 Å². The van der Waals surface area contributed by atoms with Gasteiger partial charge in [-0.15, -0.1) is 0 Å². The quantitative estimate of drug-likeness (QED) is 0.875. The van der Waals surface area contributed by atoms with Gasteiger partial charge in [-0.1, -0.05) is 0 Å². The first-order chi connectivity index (χ1) is 10.3. The molecule has 0 aliphatic heterocycles. The van der Waals surface area contributed by atoms with Crippen LogP contribution in [0.3, 0.4) is 0 Å². The van der Waals surface area contributed by atoms with Crippen LogP contribution in [0.4, 0.5) is 5.69 Å². The largest absolute Gasteiger partial charge is 0.381 e. The van der Waals surface area contributed by atoms with Crippen LogP contribution in [0.25, 0.3) is 0 Å². The second-order valence-electron chi connectivity index (χ2n) is 5.99. The van der Waals surface area contributed by atoms with Gasteiger partial charge in [-0.05, 0) is 58.0 Å². The van der Waals surface area contributed by atoms with Crippen molar-refractivity contribution in [3.05, 3.63) is 23.8 Å². The number of sulfonamides is 1. The highest BCUT2D eigenvalue weighted by molar-refractivity contribution is 7.89. The number of nitrogens with two attached hydrogens (primary N) is 1. The first-order valence-corrected chi connectivity index (χ1v) is 8.86. The summed E-state index contributed by atoms with van der Waals surface area (Å²) >= 11 is 0. The van der Waals surface area contributed by atoms with Gasteiger partial charge in [0.15, 0.2) is 0 Å². The lowest BCUT2D eigenvalue weighted by molar-refractivity contribution is 0.219. The highest BCUT2D eigenvalue weighted by Crippen LogP contribution is 2.27. The molecule has 0 aromatic heterocycles. The molecule has 2 atom stereocenters. The lowest BCUT2D eigenvalue weighted by Gasteiger charge is -2.34. The fraction of sp³-hybridized carbons (Fsp3) is 0.533. The summed E-state index contributed by atoms with van der Waals surface area (Å²) in [4.78, 5) is 2.19. The smallest absolute Gasteiger partial charge is 0.238 e. The van der Waals surface area contributed by atoms with Gasteiger partial charge < -0.3 is 10.2 Å². The monoisotopic (exact) mass is 322 g/mol. The van der Waals surface area contributed by atoms with Crippen molar-refractivity contribution in [1.82, 2.24) is 4.90 Å². The summed E-state index contributed by atoms with van der Waals surface area (Å²) in [6.45, 7) is 0. The molecule has 1 fully saturated rings. The zero-order chi connectivity index (χ0) is 16.3. The molecule has 0 bridgehead atoms. The summed E-state index contributed by atoms with van der Waals surface area (Å²) < 4.78 is 22.7.